The van der Waals surface area contributed by atoms with Gasteiger partial charge in [0.15, 0.2) is 5.82 Å². The number of hydrogen-bond acceptors (Lipinski definition) is 5. The van der Waals surface area contributed by atoms with Gasteiger partial charge in [-0.3, -0.25) is 0 Å². The first-order chi connectivity index (χ1) is 7.50. The predicted molar refractivity (Wildman–Crippen MR) is 63.3 cm³/mol. The van der Waals surface area contributed by atoms with Crippen LogP contribution in [0.25, 0.3) is 0 Å². The van der Waals surface area contributed by atoms with Crippen molar-refractivity contribution in [1.82, 2.24) is 9.97 Å². The van der Waals surface area contributed by atoms with Gasteiger partial charge in [0.25, 0.3) is 0 Å². The maximum Gasteiger partial charge on any atom is 0.150 e. The van der Waals surface area contributed by atoms with Crippen molar-refractivity contribution in [3.05, 3.63) is 11.3 Å². The first-order valence-electron chi connectivity index (χ1n) is 5.23. The van der Waals surface area contributed by atoms with E-state index in [0.29, 0.717) is 23.3 Å². The smallest absolute Gasteiger partial charge is 0.150 e. The van der Waals surface area contributed by atoms with Crippen LogP contribution in [0.3, 0.4) is 0 Å². The van der Waals surface area contributed by atoms with E-state index >= 15 is 0 Å². The number of nitrogens with zero attached hydrogens (tertiary/aromatic N) is 2. The number of aromatic nitrogens is 2. The van der Waals surface area contributed by atoms with Gasteiger partial charge in [0, 0.05) is 6.54 Å². The Kier molecular flexibility index (Phi) is 2.90. The SMILES string of the molecule is CC(O)(CNc1ncnc(N)c1Cl)C1CC1. The molecule has 1 aliphatic rings. The van der Waals surface area contributed by atoms with Crippen molar-refractivity contribution in [3.63, 3.8) is 0 Å². The molecule has 0 amide bonds. The number of nitrogens with one attached hydrogen (secondary N) is 1. The number of hydrogen-bond donors (Lipinski definition) is 3. The van der Waals surface area contributed by atoms with E-state index in [4.69, 9.17) is 17.3 Å². The quantitative estimate of drug-likeness (QED) is 0.741. The van der Waals surface area contributed by atoms with E-state index in [0.717, 1.165) is 12.8 Å². The Morgan fingerprint density at radius 3 is 2.94 bits per heavy atom. The van der Waals surface area contributed by atoms with E-state index in [-0.39, 0.29) is 5.82 Å². The topological polar surface area (TPSA) is 84.1 Å². The van der Waals surface area contributed by atoms with Crippen molar-refractivity contribution < 1.29 is 5.11 Å². The first-order valence-corrected chi connectivity index (χ1v) is 5.61. The summed E-state index contributed by atoms with van der Waals surface area (Å²) in [5.41, 5.74) is 4.83. The lowest BCUT2D eigenvalue weighted by Gasteiger charge is -2.23. The summed E-state index contributed by atoms with van der Waals surface area (Å²) in [7, 11) is 0. The molecule has 0 bridgehead atoms. The third-order valence-corrected chi connectivity index (χ3v) is 3.26. The molecule has 16 heavy (non-hydrogen) atoms. The molecule has 6 heteroatoms. The van der Waals surface area contributed by atoms with Gasteiger partial charge in [-0.1, -0.05) is 11.6 Å². The van der Waals surface area contributed by atoms with Crippen LogP contribution in [-0.4, -0.2) is 27.2 Å². The lowest BCUT2D eigenvalue weighted by Crippen LogP contribution is -2.36. The zero-order valence-corrected chi connectivity index (χ0v) is 9.83. The van der Waals surface area contributed by atoms with Crippen LogP contribution in [0, 0.1) is 5.92 Å². The highest BCUT2D eigenvalue weighted by molar-refractivity contribution is 6.35. The second-order valence-electron chi connectivity index (χ2n) is 4.41. The van der Waals surface area contributed by atoms with Gasteiger partial charge in [0.1, 0.15) is 17.2 Å². The molecule has 5 nitrogen and oxygen atoms in total. The van der Waals surface area contributed by atoms with Crippen LogP contribution in [0.2, 0.25) is 5.02 Å². The molecule has 1 unspecified atom stereocenters. The molecule has 0 saturated heterocycles. The highest BCUT2D eigenvalue weighted by Gasteiger charge is 2.39. The fraction of sp³-hybridized carbons (Fsp3) is 0.600. The van der Waals surface area contributed by atoms with Crippen LogP contribution in [-0.2, 0) is 0 Å². The summed E-state index contributed by atoms with van der Waals surface area (Å²) in [5.74, 6) is 1.08. The van der Waals surface area contributed by atoms with Crippen molar-refractivity contribution in [3.8, 4) is 0 Å². The maximum absolute atomic E-state index is 10.1. The Bertz CT molecular complexity index is 392. The molecule has 4 N–H and O–H groups in total. The van der Waals surface area contributed by atoms with Crippen molar-refractivity contribution in [2.45, 2.75) is 25.4 Å². The summed E-state index contributed by atoms with van der Waals surface area (Å²) < 4.78 is 0. The molecule has 1 heterocycles. The van der Waals surface area contributed by atoms with Gasteiger partial charge in [-0.05, 0) is 25.7 Å². The fourth-order valence-corrected chi connectivity index (χ4v) is 1.78. The van der Waals surface area contributed by atoms with E-state index in [1.165, 1.54) is 6.33 Å². The second kappa shape index (κ2) is 4.07. The third-order valence-electron chi connectivity index (χ3n) is 2.89. The molecule has 1 saturated carbocycles. The van der Waals surface area contributed by atoms with E-state index < -0.39 is 5.60 Å². The van der Waals surface area contributed by atoms with E-state index in [1.807, 2.05) is 6.92 Å². The van der Waals surface area contributed by atoms with Crippen LogP contribution in [0.4, 0.5) is 11.6 Å². The number of anilines is 2. The molecule has 0 aliphatic heterocycles. The van der Waals surface area contributed by atoms with Crippen molar-refractivity contribution in [2.24, 2.45) is 5.92 Å². The first kappa shape index (κ1) is 11.4. The number of rotatable bonds is 4. The van der Waals surface area contributed by atoms with Gasteiger partial charge in [0.05, 0.1) is 5.60 Å². The normalized spacial score (nSPS) is 19.2. The Hall–Kier alpha value is -1.07. The predicted octanol–water partition coefficient (Wildman–Crippen LogP) is 1.29. The fourth-order valence-electron chi connectivity index (χ4n) is 1.62. The molecule has 2 rings (SSSR count). The monoisotopic (exact) mass is 242 g/mol. The van der Waals surface area contributed by atoms with E-state index in [9.17, 15) is 5.11 Å². The Labute approximate surface area is 99.0 Å². The summed E-state index contributed by atoms with van der Waals surface area (Å²) in [4.78, 5) is 7.74. The van der Waals surface area contributed by atoms with Crippen LogP contribution >= 0.6 is 11.6 Å². The zero-order valence-electron chi connectivity index (χ0n) is 9.07. The van der Waals surface area contributed by atoms with Gasteiger partial charge in [-0.15, -0.1) is 0 Å². The summed E-state index contributed by atoms with van der Waals surface area (Å²) >= 11 is 5.92. The van der Waals surface area contributed by atoms with Gasteiger partial charge in [-0.2, -0.15) is 0 Å². The van der Waals surface area contributed by atoms with E-state index in [1.54, 1.807) is 0 Å². The highest BCUT2D eigenvalue weighted by atomic mass is 35.5. The summed E-state index contributed by atoms with van der Waals surface area (Å²) in [6.07, 6.45) is 3.50. The molecule has 1 fully saturated rings. The minimum absolute atomic E-state index is 0.241. The second-order valence-corrected chi connectivity index (χ2v) is 4.78. The molecule has 1 aliphatic carbocycles. The van der Waals surface area contributed by atoms with Crippen molar-refractivity contribution >= 4 is 23.2 Å². The molecule has 1 aromatic rings. The minimum Gasteiger partial charge on any atom is -0.388 e. The van der Waals surface area contributed by atoms with Gasteiger partial charge >= 0.3 is 0 Å². The maximum atomic E-state index is 10.1. The molecular formula is C10H15ClN4O. The van der Waals surface area contributed by atoms with Crippen LogP contribution in [0.5, 0.6) is 0 Å². The zero-order chi connectivity index (χ0) is 11.8. The lowest BCUT2D eigenvalue weighted by atomic mass is 10.0. The third kappa shape index (κ3) is 2.36. The van der Waals surface area contributed by atoms with Crippen LogP contribution in [0.15, 0.2) is 6.33 Å². The van der Waals surface area contributed by atoms with Gasteiger partial charge in [0.2, 0.25) is 0 Å². The molecule has 0 spiro atoms. The lowest BCUT2D eigenvalue weighted by molar-refractivity contribution is 0.0502. The van der Waals surface area contributed by atoms with E-state index in [2.05, 4.69) is 15.3 Å². The largest absolute Gasteiger partial charge is 0.388 e. The standard InChI is InChI=1S/C10H15ClN4O/c1-10(16,6-2-3-6)4-13-9-7(11)8(12)14-5-15-9/h5-6,16H,2-4H2,1H3,(H3,12,13,14,15). The molecule has 1 atom stereocenters. The number of aliphatic hydroxyl groups is 1. The molecule has 0 aromatic carbocycles. The average Bonchev–Trinajstić information content (AvgIpc) is 3.04. The summed E-state index contributed by atoms with van der Waals surface area (Å²) in [5, 5.41) is 13.4. The molecule has 1 aromatic heterocycles. The highest BCUT2D eigenvalue weighted by Crippen LogP contribution is 2.39. The minimum atomic E-state index is -0.719. The number of nitrogen functional groups attached to an aromatic ring is 1. The summed E-state index contributed by atoms with van der Waals surface area (Å²) in [6, 6.07) is 0. The van der Waals surface area contributed by atoms with Crippen LogP contribution in [0.1, 0.15) is 19.8 Å². The summed E-state index contributed by atoms with van der Waals surface area (Å²) in [6.45, 7) is 2.23. The number of halogens is 1. The molecular weight excluding hydrogens is 228 g/mol. The number of nitrogens with two attached hydrogens (primary N) is 1. The van der Waals surface area contributed by atoms with Crippen molar-refractivity contribution in [2.75, 3.05) is 17.6 Å². The van der Waals surface area contributed by atoms with Crippen LogP contribution < -0.4 is 11.1 Å². The molecule has 88 valence electrons. The van der Waals surface area contributed by atoms with Gasteiger partial charge < -0.3 is 16.2 Å². The molecule has 0 radical (unpaired) electrons. The Morgan fingerprint density at radius 2 is 2.31 bits per heavy atom. The average molecular weight is 243 g/mol. The Morgan fingerprint density at radius 1 is 1.62 bits per heavy atom. The van der Waals surface area contributed by atoms with Crippen molar-refractivity contribution in [1.29, 1.82) is 0 Å². The van der Waals surface area contributed by atoms with Gasteiger partial charge in [-0.25, -0.2) is 9.97 Å². The Balaban J connectivity index is 2.01.